The zero-order valence-corrected chi connectivity index (χ0v) is 19.1. The van der Waals surface area contributed by atoms with Gasteiger partial charge in [-0.15, -0.1) is 0 Å². The SMILES string of the molecule is CC(C)=NOCCCCCOc1c(Cl)cc(OCC=C(Br)Br)c(F)c1Cl. The number of hydrogen-bond acceptors (Lipinski definition) is 4. The maximum atomic E-state index is 14.3. The van der Waals surface area contributed by atoms with Crippen LogP contribution in [0.4, 0.5) is 4.39 Å². The minimum Gasteiger partial charge on any atom is -0.490 e. The van der Waals surface area contributed by atoms with E-state index in [9.17, 15) is 4.39 Å². The molecule has 0 saturated carbocycles. The number of hydrogen-bond donors (Lipinski definition) is 0. The molecule has 0 aliphatic rings. The van der Waals surface area contributed by atoms with Gasteiger partial charge < -0.3 is 14.3 Å². The summed E-state index contributed by atoms with van der Waals surface area (Å²) in [5.74, 6) is -0.613. The molecule has 0 aliphatic carbocycles. The lowest BCUT2D eigenvalue weighted by Gasteiger charge is -2.13. The second-order valence-electron chi connectivity index (χ2n) is 5.40. The van der Waals surface area contributed by atoms with Crippen LogP contribution in [0.5, 0.6) is 11.5 Å². The molecule has 1 aromatic rings. The number of unbranched alkanes of at least 4 members (excludes halogenated alkanes) is 2. The van der Waals surface area contributed by atoms with Crippen molar-refractivity contribution in [3.8, 4) is 11.5 Å². The van der Waals surface area contributed by atoms with Crippen LogP contribution in [0, 0.1) is 5.82 Å². The molecular formula is C17H20Br2Cl2FNO3. The quantitative estimate of drug-likeness (QED) is 0.131. The van der Waals surface area contributed by atoms with Crippen molar-refractivity contribution in [2.75, 3.05) is 19.8 Å². The predicted octanol–water partition coefficient (Wildman–Crippen LogP) is 7.10. The average molecular weight is 536 g/mol. The van der Waals surface area contributed by atoms with E-state index < -0.39 is 5.82 Å². The smallest absolute Gasteiger partial charge is 0.187 e. The molecule has 0 fully saturated rings. The topological polar surface area (TPSA) is 40.0 Å². The molecule has 1 aromatic carbocycles. The molecule has 0 aromatic heterocycles. The number of oxime groups is 1. The first-order valence-corrected chi connectivity index (χ1v) is 10.2. The van der Waals surface area contributed by atoms with Gasteiger partial charge in [0.25, 0.3) is 0 Å². The Labute approximate surface area is 179 Å². The Morgan fingerprint density at radius 2 is 1.85 bits per heavy atom. The molecule has 0 saturated heterocycles. The van der Waals surface area contributed by atoms with Crippen LogP contribution in [-0.4, -0.2) is 25.5 Å². The molecule has 26 heavy (non-hydrogen) atoms. The second kappa shape index (κ2) is 12.8. The molecule has 0 spiro atoms. The molecule has 0 unspecified atom stereocenters. The largest absolute Gasteiger partial charge is 0.490 e. The number of nitrogens with zero attached hydrogens (tertiary/aromatic N) is 1. The number of ether oxygens (including phenoxy) is 2. The van der Waals surface area contributed by atoms with Crippen LogP contribution < -0.4 is 9.47 Å². The minimum atomic E-state index is -0.702. The van der Waals surface area contributed by atoms with Crippen molar-refractivity contribution in [1.82, 2.24) is 0 Å². The normalized spacial score (nSPS) is 10.3. The number of halogens is 5. The van der Waals surface area contributed by atoms with Gasteiger partial charge in [0, 0.05) is 6.07 Å². The molecule has 0 aliphatic heterocycles. The molecule has 1 rings (SSSR count). The summed E-state index contributed by atoms with van der Waals surface area (Å²) in [6.07, 6.45) is 4.15. The maximum absolute atomic E-state index is 14.3. The standard InChI is InChI=1S/C17H20Br2Cl2FNO3/c1-11(2)23-26-8-5-3-4-7-25-17-12(20)10-13(16(22)15(17)21)24-9-6-14(18)19/h6,10H,3-5,7-9H2,1-2H3. The Hall–Kier alpha value is -0.500. The summed E-state index contributed by atoms with van der Waals surface area (Å²) in [7, 11) is 0. The molecule has 0 heterocycles. The zero-order valence-electron chi connectivity index (χ0n) is 14.5. The van der Waals surface area contributed by atoms with E-state index in [1.807, 2.05) is 13.8 Å². The van der Waals surface area contributed by atoms with Crippen LogP contribution in [0.25, 0.3) is 0 Å². The molecule has 0 N–H and O–H groups in total. The molecule has 0 amide bonds. The van der Waals surface area contributed by atoms with E-state index in [1.54, 1.807) is 6.08 Å². The van der Waals surface area contributed by atoms with Gasteiger partial charge >= 0.3 is 0 Å². The molecule has 146 valence electrons. The highest BCUT2D eigenvalue weighted by Gasteiger charge is 2.18. The lowest BCUT2D eigenvalue weighted by molar-refractivity contribution is 0.138. The minimum absolute atomic E-state index is 0.0335. The third-order valence-corrected chi connectivity index (χ3v) is 4.20. The van der Waals surface area contributed by atoms with Crippen molar-refractivity contribution in [3.63, 3.8) is 0 Å². The molecule has 0 bridgehead atoms. The van der Waals surface area contributed by atoms with E-state index in [0.717, 1.165) is 25.0 Å². The van der Waals surface area contributed by atoms with Crippen LogP contribution in [0.2, 0.25) is 10.0 Å². The average Bonchev–Trinajstić information content (AvgIpc) is 2.56. The fourth-order valence-corrected chi connectivity index (χ4v) is 2.59. The summed E-state index contributed by atoms with van der Waals surface area (Å²) in [6, 6.07) is 1.35. The molecule has 0 radical (unpaired) electrons. The summed E-state index contributed by atoms with van der Waals surface area (Å²) in [6.45, 7) is 4.81. The highest BCUT2D eigenvalue weighted by molar-refractivity contribution is 9.28. The van der Waals surface area contributed by atoms with Gasteiger partial charge in [0.1, 0.15) is 18.2 Å². The van der Waals surface area contributed by atoms with Gasteiger partial charge in [-0.1, -0.05) is 28.4 Å². The molecular weight excluding hydrogens is 516 g/mol. The third kappa shape index (κ3) is 8.93. The van der Waals surface area contributed by atoms with Crippen molar-refractivity contribution >= 4 is 60.8 Å². The van der Waals surface area contributed by atoms with Gasteiger partial charge in [-0.05, 0) is 71.0 Å². The fourth-order valence-electron chi connectivity index (χ4n) is 1.78. The first kappa shape index (κ1) is 23.5. The Morgan fingerprint density at radius 1 is 1.15 bits per heavy atom. The van der Waals surface area contributed by atoms with Crippen molar-refractivity contribution in [1.29, 1.82) is 0 Å². The Morgan fingerprint density at radius 3 is 2.50 bits per heavy atom. The Bertz CT molecular complexity index is 649. The van der Waals surface area contributed by atoms with E-state index in [-0.39, 0.29) is 28.2 Å². The van der Waals surface area contributed by atoms with Crippen molar-refractivity contribution in [3.05, 3.63) is 31.4 Å². The van der Waals surface area contributed by atoms with E-state index in [1.165, 1.54) is 6.07 Å². The van der Waals surface area contributed by atoms with Gasteiger partial charge in [-0.25, -0.2) is 4.39 Å². The summed E-state index contributed by atoms with van der Waals surface area (Å²) < 4.78 is 25.8. The van der Waals surface area contributed by atoms with Gasteiger partial charge in [0.15, 0.2) is 17.3 Å². The first-order valence-electron chi connectivity index (χ1n) is 7.90. The van der Waals surface area contributed by atoms with Gasteiger partial charge in [0.2, 0.25) is 0 Å². The molecule has 9 heteroatoms. The van der Waals surface area contributed by atoms with Crippen LogP contribution in [0.15, 0.2) is 20.7 Å². The molecule has 0 atom stereocenters. The third-order valence-electron chi connectivity index (χ3n) is 2.93. The maximum Gasteiger partial charge on any atom is 0.187 e. The predicted molar refractivity (Wildman–Crippen MR) is 112 cm³/mol. The number of rotatable bonds is 11. The van der Waals surface area contributed by atoms with Crippen molar-refractivity contribution < 1.29 is 18.7 Å². The zero-order chi connectivity index (χ0) is 19.5. The Balaban J connectivity index is 2.48. The summed E-state index contributed by atoms with van der Waals surface area (Å²) in [5, 5.41) is 3.86. The highest BCUT2D eigenvalue weighted by Crippen LogP contribution is 2.40. The Kier molecular flexibility index (Phi) is 11.6. The second-order valence-corrected chi connectivity index (χ2v) is 8.96. The van der Waals surface area contributed by atoms with Crippen LogP contribution >= 0.6 is 55.1 Å². The van der Waals surface area contributed by atoms with Crippen LogP contribution in [0.3, 0.4) is 0 Å². The number of benzene rings is 1. The van der Waals surface area contributed by atoms with Gasteiger partial charge in [-0.2, -0.15) is 0 Å². The van der Waals surface area contributed by atoms with E-state index in [4.69, 9.17) is 37.5 Å². The van der Waals surface area contributed by atoms with Crippen molar-refractivity contribution in [2.24, 2.45) is 5.16 Å². The van der Waals surface area contributed by atoms with Crippen LogP contribution in [-0.2, 0) is 4.84 Å². The summed E-state index contributed by atoms with van der Waals surface area (Å²) in [5.41, 5.74) is 0.878. The van der Waals surface area contributed by atoms with Crippen molar-refractivity contribution in [2.45, 2.75) is 33.1 Å². The lowest BCUT2D eigenvalue weighted by Crippen LogP contribution is -2.02. The molecule has 4 nitrogen and oxygen atoms in total. The summed E-state index contributed by atoms with van der Waals surface area (Å²) >= 11 is 18.5. The van der Waals surface area contributed by atoms with E-state index in [0.29, 0.717) is 16.6 Å². The fraction of sp³-hybridized carbons (Fsp3) is 0.471. The van der Waals surface area contributed by atoms with E-state index in [2.05, 4.69) is 37.0 Å². The highest BCUT2D eigenvalue weighted by atomic mass is 79.9. The van der Waals surface area contributed by atoms with E-state index >= 15 is 0 Å². The van der Waals surface area contributed by atoms with Crippen LogP contribution in [0.1, 0.15) is 33.1 Å². The first-order chi connectivity index (χ1) is 12.3. The van der Waals surface area contributed by atoms with Gasteiger partial charge in [0.05, 0.1) is 20.7 Å². The monoisotopic (exact) mass is 533 g/mol. The lowest BCUT2D eigenvalue weighted by atomic mass is 10.2. The van der Waals surface area contributed by atoms with Gasteiger partial charge in [-0.3, -0.25) is 0 Å². The summed E-state index contributed by atoms with van der Waals surface area (Å²) in [4.78, 5) is 5.11.